The molecule has 2 aromatic rings. The van der Waals surface area contributed by atoms with Gasteiger partial charge in [0.15, 0.2) is 0 Å². The second-order valence-corrected chi connectivity index (χ2v) is 4.89. The fraction of sp³-hybridized carbons (Fsp3) is 0.267. The van der Waals surface area contributed by atoms with Gasteiger partial charge in [0.2, 0.25) is 0 Å². The van der Waals surface area contributed by atoms with Crippen LogP contribution in [0.25, 0.3) is 0 Å². The molecule has 0 saturated heterocycles. The number of methoxy groups -OCH3 is 1. The molecule has 0 bridgehead atoms. The minimum absolute atomic E-state index is 0.353. The third kappa shape index (κ3) is 3.33. The molecule has 0 aliphatic heterocycles. The summed E-state index contributed by atoms with van der Waals surface area (Å²) < 4.78 is 5.10. The Bertz CT molecular complexity index is 599. The first-order valence-corrected chi connectivity index (χ1v) is 6.58. The number of carbonyl (C=O) groups is 1. The highest BCUT2D eigenvalue weighted by atomic mass is 35.5. The van der Waals surface area contributed by atoms with Gasteiger partial charge in [-0.05, 0) is 31.0 Å². The molecule has 1 heterocycles. The van der Waals surface area contributed by atoms with Crippen molar-refractivity contribution in [2.24, 2.45) is 0 Å². The van der Waals surface area contributed by atoms with E-state index in [0.717, 1.165) is 17.5 Å². The van der Waals surface area contributed by atoms with Crippen molar-refractivity contribution in [1.29, 1.82) is 0 Å². The second kappa shape index (κ2) is 6.48. The van der Waals surface area contributed by atoms with Gasteiger partial charge in [-0.15, -0.1) is 0 Å². The lowest BCUT2D eigenvalue weighted by molar-refractivity contribution is -0.109. The monoisotopic (exact) mass is 290 g/mol. The maximum Gasteiger partial charge on any atom is 0.129 e. The van der Waals surface area contributed by atoms with Gasteiger partial charge in [0.1, 0.15) is 12.0 Å². The Morgan fingerprint density at radius 1 is 1.35 bits per heavy atom. The van der Waals surface area contributed by atoms with E-state index in [0.29, 0.717) is 22.9 Å². The molecule has 0 radical (unpaired) electrons. The summed E-state index contributed by atoms with van der Waals surface area (Å²) >= 11 is 6.19. The van der Waals surface area contributed by atoms with Gasteiger partial charge >= 0.3 is 0 Å². The van der Waals surface area contributed by atoms with Gasteiger partial charge in [0.25, 0.3) is 0 Å². The highest BCUT2D eigenvalue weighted by molar-refractivity contribution is 6.31. The standard InChI is InChI=1S/C15H15ClN2O2/c1-10-7-18-15(8-17-10)12(9-19)5-11-3-4-13(20-2)6-14(11)16/h3-4,6-9,12H,5H2,1-2H3. The van der Waals surface area contributed by atoms with Crippen LogP contribution in [0.2, 0.25) is 5.02 Å². The molecule has 20 heavy (non-hydrogen) atoms. The summed E-state index contributed by atoms with van der Waals surface area (Å²) in [7, 11) is 1.58. The maximum atomic E-state index is 11.3. The SMILES string of the molecule is COc1ccc(CC(C=O)c2cnc(C)cn2)c(Cl)c1. The van der Waals surface area contributed by atoms with Crippen LogP contribution in [0.3, 0.4) is 0 Å². The zero-order valence-corrected chi connectivity index (χ0v) is 12.1. The Hall–Kier alpha value is -1.94. The van der Waals surface area contributed by atoms with Crippen LogP contribution in [0.15, 0.2) is 30.6 Å². The van der Waals surface area contributed by atoms with E-state index in [-0.39, 0.29) is 5.92 Å². The average Bonchev–Trinajstić information content (AvgIpc) is 2.47. The molecule has 5 heteroatoms. The lowest BCUT2D eigenvalue weighted by Crippen LogP contribution is -2.08. The zero-order valence-electron chi connectivity index (χ0n) is 11.3. The predicted octanol–water partition coefficient (Wildman–Crippen LogP) is 2.97. The molecule has 0 amide bonds. The van der Waals surface area contributed by atoms with E-state index in [2.05, 4.69) is 9.97 Å². The topological polar surface area (TPSA) is 52.1 Å². The van der Waals surface area contributed by atoms with Crippen molar-refractivity contribution < 1.29 is 9.53 Å². The highest BCUT2D eigenvalue weighted by Crippen LogP contribution is 2.26. The van der Waals surface area contributed by atoms with Gasteiger partial charge in [0, 0.05) is 17.4 Å². The molecule has 1 aromatic carbocycles. The lowest BCUT2D eigenvalue weighted by Gasteiger charge is -2.11. The number of ether oxygens (including phenoxy) is 1. The number of hydrogen-bond donors (Lipinski definition) is 0. The number of carbonyl (C=O) groups excluding carboxylic acids is 1. The fourth-order valence-corrected chi connectivity index (χ4v) is 2.12. The molecular formula is C15H15ClN2O2. The van der Waals surface area contributed by atoms with E-state index < -0.39 is 0 Å². The lowest BCUT2D eigenvalue weighted by atomic mass is 9.97. The van der Waals surface area contributed by atoms with Crippen molar-refractivity contribution in [1.82, 2.24) is 9.97 Å². The third-order valence-corrected chi connectivity index (χ3v) is 3.40. The summed E-state index contributed by atoms with van der Waals surface area (Å²) in [5.41, 5.74) is 2.35. The molecule has 0 fully saturated rings. The number of hydrogen-bond acceptors (Lipinski definition) is 4. The van der Waals surface area contributed by atoms with E-state index >= 15 is 0 Å². The number of aryl methyl sites for hydroxylation is 1. The van der Waals surface area contributed by atoms with Crippen LogP contribution in [0, 0.1) is 6.92 Å². The molecule has 1 aromatic heterocycles. The van der Waals surface area contributed by atoms with Crippen molar-refractivity contribution >= 4 is 17.9 Å². The number of aldehydes is 1. The molecule has 1 atom stereocenters. The maximum absolute atomic E-state index is 11.3. The molecule has 0 N–H and O–H groups in total. The van der Waals surface area contributed by atoms with Crippen LogP contribution in [0.1, 0.15) is 22.9 Å². The van der Waals surface area contributed by atoms with E-state index in [1.807, 2.05) is 19.1 Å². The Kier molecular flexibility index (Phi) is 4.69. The van der Waals surface area contributed by atoms with Crippen molar-refractivity contribution in [3.8, 4) is 5.75 Å². The summed E-state index contributed by atoms with van der Waals surface area (Å²) in [4.78, 5) is 19.7. The van der Waals surface area contributed by atoms with Crippen LogP contribution < -0.4 is 4.74 Å². The van der Waals surface area contributed by atoms with Gasteiger partial charge < -0.3 is 9.53 Å². The number of rotatable bonds is 5. The molecule has 2 rings (SSSR count). The quantitative estimate of drug-likeness (QED) is 0.795. The Morgan fingerprint density at radius 3 is 2.70 bits per heavy atom. The Balaban J connectivity index is 2.22. The number of benzene rings is 1. The van der Waals surface area contributed by atoms with Crippen LogP contribution in [-0.4, -0.2) is 23.4 Å². The van der Waals surface area contributed by atoms with Crippen LogP contribution >= 0.6 is 11.6 Å². The first-order chi connectivity index (χ1) is 9.63. The number of nitrogens with zero attached hydrogens (tertiary/aromatic N) is 2. The summed E-state index contributed by atoms with van der Waals surface area (Å²) in [6.07, 6.45) is 4.65. The van der Waals surface area contributed by atoms with E-state index in [1.54, 1.807) is 25.6 Å². The largest absolute Gasteiger partial charge is 0.497 e. The van der Waals surface area contributed by atoms with Gasteiger partial charge in [-0.3, -0.25) is 9.97 Å². The first kappa shape index (κ1) is 14.5. The van der Waals surface area contributed by atoms with Gasteiger partial charge in [-0.1, -0.05) is 17.7 Å². The zero-order chi connectivity index (χ0) is 14.5. The van der Waals surface area contributed by atoms with Gasteiger partial charge in [-0.25, -0.2) is 0 Å². The minimum atomic E-state index is -0.353. The summed E-state index contributed by atoms with van der Waals surface area (Å²) in [6, 6.07) is 5.42. The van der Waals surface area contributed by atoms with Crippen LogP contribution in [-0.2, 0) is 11.2 Å². The van der Waals surface area contributed by atoms with E-state index in [9.17, 15) is 4.79 Å². The van der Waals surface area contributed by atoms with E-state index in [4.69, 9.17) is 16.3 Å². The smallest absolute Gasteiger partial charge is 0.129 e. The molecule has 4 nitrogen and oxygen atoms in total. The number of halogens is 1. The molecular weight excluding hydrogens is 276 g/mol. The van der Waals surface area contributed by atoms with Crippen molar-refractivity contribution in [3.05, 3.63) is 52.6 Å². The normalized spacial score (nSPS) is 11.9. The average molecular weight is 291 g/mol. The summed E-state index contributed by atoms with van der Waals surface area (Å²) in [5.74, 6) is 0.338. The Labute approximate surface area is 122 Å². The predicted molar refractivity (Wildman–Crippen MR) is 77.3 cm³/mol. The third-order valence-electron chi connectivity index (χ3n) is 3.05. The summed E-state index contributed by atoms with van der Waals surface area (Å²) in [6.45, 7) is 1.85. The van der Waals surface area contributed by atoms with Crippen LogP contribution in [0.4, 0.5) is 0 Å². The number of aromatic nitrogens is 2. The van der Waals surface area contributed by atoms with Crippen molar-refractivity contribution in [3.63, 3.8) is 0 Å². The molecule has 104 valence electrons. The molecule has 0 aliphatic carbocycles. The van der Waals surface area contributed by atoms with E-state index in [1.165, 1.54) is 0 Å². The van der Waals surface area contributed by atoms with Crippen molar-refractivity contribution in [2.45, 2.75) is 19.3 Å². The van der Waals surface area contributed by atoms with Crippen LogP contribution in [0.5, 0.6) is 5.75 Å². The minimum Gasteiger partial charge on any atom is -0.497 e. The Morgan fingerprint density at radius 2 is 2.15 bits per heavy atom. The highest BCUT2D eigenvalue weighted by Gasteiger charge is 2.15. The van der Waals surface area contributed by atoms with Crippen molar-refractivity contribution in [2.75, 3.05) is 7.11 Å². The summed E-state index contributed by atoms with van der Waals surface area (Å²) in [5, 5.41) is 0.580. The molecule has 0 aliphatic rings. The fourth-order valence-electron chi connectivity index (χ4n) is 1.87. The van der Waals surface area contributed by atoms with Gasteiger partial charge in [-0.2, -0.15) is 0 Å². The molecule has 0 saturated carbocycles. The first-order valence-electron chi connectivity index (χ1n) is 6.20. The van der Waals surface area contributed by atoms with Gasteiger partial charge in [0.05, 0.1) is 24.4 Å². The molecule has 1 unspecified atom stereocenters. The second-order valence-electron chi connectivity index (χ2n) is 4.49. The molecule has 0 spiro atoms.